The van der Waals surface area contributed by atoms with E-state index < -0.39 is 5.92 Å². The smallest absolute Gasteiger partial charge is 0.231 e. The number of benzene rings is 2. The van der Waals surface area contributed by atoms with E-state index in [1.165, 1.54) is 23.1 Å². The van der Waals surface area contributed by atoms with Crippen LogP contribution in [-0.2, 0) is 15.3 Å². The molecule has 1 unspecified atom stereocenters. The summed E-state index contributed by atoms with van der Waals surface area (Å²) in [5, 5.41) is 20.3. The van der Waals surface area contributed by atoms with Gasteiger partial charge >= 0.3 is 0 Å². The summed E-state index contributed by atoms with van der Waals surface area (Å²) in [4.78, 5) is 27.9. The van der Waals surface area contributed by atoms with Gasteiger partial charge in [-0.3, -0.25) is 9.59 Å². The lowest BCUT2D eigenvalue weighted by atomic mass is 10.1. The third-order valence-electron chi connectivity index (χ3n) is 4.96. The van der Waals surface area contributed by atoms with Crippen LogP contribution in [-0.4, -0.2) is 34.8 Å². The lowest BCUT2D eigenvalue weighted by molar-refractivity contribution is -0.122. The fourth-order valence-electron chi connectivity index (χ4n) is 3.24. The fraction of sp³-hybridized carbons (Fsp3) is 0.227. The predicted octanol–water partition coefficient (Wildman–Crippen LogP) is 4.42. The summed E-state index contributed by atoms with van der Waals surface area (Å²) in [5.41, 5.74) is 2.51. The van der Waals surface area contributed by atoms with Crippen LogP contribution in [0.2, 0.25) is 0 Å². The van der Waals surface area contributed by atoms with Crippen LogP contribution < -0.4 is 10.2 Å². The Kier molecular flexibility index (Phi) is 7.09. The maximum atomic E-state index is 12.7. The van der Waals surface area contributed by atoms with Crippen molar-refractivity contribution in [3.8, 4) is 6.07 Å². The standard InChI is InChI=1S/C22H19N5O2S3/c1-30-18-8-6-17(7-9-18)27-12-16(10-19(27)28)20(29)24-21-25-26-22(32-21)31-13-15-4-2-14(11-23)3-5-15/h2-9,16H,10,12-13H2,1H3,(H,24,25,29). The lowest BCUT2D eigenvalue weighted by Gasteiger charge is -2.16. The maximum Gasteiger partial charge on any atom is 0.231 e. The van der Waals surface area contributed by atoms with Gasteiger partial charge in [-0.05, 0) is 48.2 Å². The van der Waals surface area contributed by atoms with Gasteiger partial charge < -0.3 is 10.2 Å². The monoisotopic (exact) mass is 481 g/mol. The quantitative estimate of drug-likeness (QED) is 0.394. The Morgan fingerprint density at radius 2 is 1.97 bits per heavy atom. The average Bonchev–Trinajstić information content (AvgIpc) is 3.44. The summed E-state index contributed by atoms with van der Waals surface area (Å²) in [6, 6.07) is 17.2. The van der Waals surface area contributed by atoms with Crippen LogP contribution in [0.5, 0.6) is 0 Å². The zero-order valence-electron chi connectivity index (χ0n) is 17.1. The van der Waals surface area contributed by atoms with Crippen LogP contribution in [0.4, 0.5) is 10.8 Å². The van der Waals surface area contributed by atoms with Gasteiger partial charge in [0, 0.05) is 29.3 Å². The van der Waals surface area contributed by atoms with Gasteiger partial charge in [-0.25, -0.2) is 0 Å². The number of carbonyl (C=O) groups is 2. The molecule has 2 aromatic carbocycles. The molecule has 0 bridgehead atoms. The summed E-state index contributed by atoms with van der Waals surface area (Å²) in [7, 11) is 0. The molecular weight excluding hydrogens is 462 g/mol. The minimum absolute atomic E-state index is 0.0574. The van der Waals surface area contributed by atoms with Gasteiger partial charge in [-0.1, -0.05) is 35.2 Å². The van der Waals surface area contributed by atoms with Gasteiger partial charge in [-0.2, -0.15) is 5.26 Å². The van der Waals surface area contributed by atoms with Gasteiger partial charge in [0.05, 0.1) is 17.6 Å². The molecule has 1 aliphatic heterocycles. The van der Waals surface area contributed by atoms with E-state index in [0.29, 0.717) is 23.0 Å². The van der Waals surface area contributed by atoms with Gasteiger partial charge in [0.15, 0.2) is 4.34 Å². The van der Waals surface area contributed by atoms with E-state index in [2.05, 4.69) is 21.6 Å². The topological polar surface area (TPSA) is 99.0 Å². The van der Waals surface area contributed by atoms with Crippen molar-refractivity contribution in [1.29, 1.82) is 5.26 Å². The van der Waals surface area contributed by atoms with E-state index in [1.807, 2.05) is 42.7 Å². The van der Waals surface area contributed by atoms with Crippen LogP contribution in [0.1, 0.15) is 17.5 Å². The van der Waals surface area contributed by atoms with Crippen LogP contribution >= 0.6 is 34.9 Å². The molecule has 1 aromatic heterocycles. The molecule has 2 amide bonds. The first-order chi connectivity index (χ1) is 15.6. The van der Waals surface area contributed by atoms with Crippen molar-refractivity contribution in [2.75, 3.05) is 23.0 Å². The molecule has 1 aliphatic rings. The van der Waals surface area contributed by atoms with Crippen molar-refractivity contribution in [3.63, 3.8) is 0 Å². The predicted molar refractivity (Wildman–Crippen MR) is 128 cm³/mol. The molecule has 1 fully saturated rings. The molecular formula is C22H19N5O2S3. The van der Waals surface area contributed by atoms with Crippen LogP contribution in [0.3, 0.4) is 0 Å². The second-order valence-electron chi connectivity index (χ2n) is 7.06. The summed E-state index contributed by atoms with van der Waals surface area (Å²) in [5.74, 6) is -0.0175. The second kappa shape index (κ2) is 10.2. The van der Waals surface area contributed by atoms with Crippen LogP contribution in [0, 0.1) is 17.2 Å². The molecule has 0 saturated carbocycles. The van der Waals surface area contributed by atoms with E-state index in [-0.39, 0.29) is 18.2 Å². The third-order valence-corrected chi connectivity index (χ3v) is 7.75. The van der Waals surface area contributed by atoms with E-state index >= 15 is 0 Å². The number of hydrogen-bond donors (Lipinski definition) is 1. The van der Waals surface area contributed by atoms with Crippen LogP contribution in [0.15, 0.2) is 57.8 Å². The summed E-state index contributed by atoms with van der Waals surface area (Å²) >= 11 is 4.46. The van der Waals surface area contributed by atoms with Crippen molar-refractivity contribution >= 4 is 57.5 Å². The normalized spacial score (nSPS) is 15.6. The molecule has 10 heteroatoms. The number of rotatable bonds is 7. The van der Waals surface area contributed by atoms with Gasteiger partial charge in [0.2, 0.25) is 16.9 Å². The number of nitrogens with zero attached hydrogens (tertiary/aromatic N) is 4. The minimum atomic E-state index is -0.429. The second-order valence-corrected chi connectivity index (χ2v) is 10.1. The number of nitrogens with one attached hydrogen (secondary N) is 1. The Balaban J connectivity index is 1.31. The van der Waals surface area contributed by atoms with E-state index in [4.69, 9.17) is 5.26 Å². The van der Waals surface area contributed by atoms with E-state index in [0.717, 1.165) is 20.5 Å². The number of carbonyl (C=O) groups excluding carboxylic acids is 2. The van der Waals surface area contributed by atoms with Crippen molar-refractivity contribution in [2.45, 2.75) is 21.4 Å². The molecule has 4 rings (SSSR count). The highest BCUT2D eigenvalue weighted by molar-refractivity contribution is 8.00. The Morgan fingerprint density at radius 3 is 2.66 bits per heavy atom. The molecule has 7 nitrogen and oxygen atoms in total. The molecule has 32 heavy (non-hydrogen) atoms. The largest absolute Gasteiger partial charge is 0.312 e. The molecule has 1 saturated heterocycles. The Morgan fingerprint density at radius 1 is 1.22 bits per heavy atom. The highest BCUT2D eigenvalue weighted by atomic mass is 32.2. The Bertz CT molecular complexity index is 1160. The number of thioether (sulfide) groups is 2. The number of amides is 2. The van der Waals surface area contributed by atoms with Crippen molar-refractivity contribution in [3.05, 3.63) is 59.7 Å². The van der Waals surface area contributed by atoms with Gasteiger partial charge in [0.25, 0.3) is 0 Å². The molecule has 2 heterocycles. The van der Waals surface area contributed by atoms with E-state index in [1.54, 1.807) is 28.8 Å². The van der Waals surface area contributed by atoms with E-state index in [9.17, 15) is 9.59 Å². The zero-order chi connectivity index (χ0) is 22.5. The summed E-state index contributed by atoms with van der Waals surface area (Å²) < 4.78 is 0.739. The fourth-order valence-corrected chi connectivity index (χ4v) is 5.36. The molecule has 0 spiro atoms. The summed E-state index contributed by atoms with van der Waals surface area (Å²) in [6.07, 6.45) is 2.18. The minimum Gasteiger partial charge on any atom is -0.312 e. The highest BCUT2D eigenvalue weighted by Gasteiger charge is 2.35. The molecule has 1 atom stereocenters. The zero-order valence-corrected chi connectivity index (χ0v) is 19.6. The highest BCUT2D eigenvalue weighted by Crippen LogP contribution is 2.30. The SMILES string of the molecule is CSc1ccc(N2CC(C(=O)Nc3nnc(SCc4ccc(C#N)cc4)s3)CC2=O)cc1. The first-order valence-corrected chi connectivity index (χ1v) is 12.8. The maximum absolute atomic E-state index is 12.7. The van der Waals surface area contributed by atoms with Crippen molar-refractivity contribution in [2.24, 2.45) is 5.92 Å². The first-order valence-electron chi connectivity index (χ1n) is 9.76. The van der Waals surface area contributed by atoms with Crippen LogP contribution in [0.25, 0.3) is 0 Å². The van der Waals surface area contributed by atoms with Gasteiger partial charge in [-0.15, -0.1) is 22.0 Å². The Hall–Kier alpha value is -2.87. The number of anilines is 2. The molecule has 1 N–H and O–H groups in total. The lowest BCUT2D eigenvalue weighted by Crippen LogP contribution is -2.28. The third kappa shape index (κ3) is 5.30. The summed E-state index contributed by atoms with van der Waals surface area (Å²) in [6.45, 7) is 0.350. The number of nitriles is 1. The molecule has 0 aliphatic carbocycles. The van der Waals surface area contributed by atoms with Gasteiger partial charge in [0.1, 0.15) is 0 Å². The number of hydrogen-bond acceptors (Lipinski definition) is 8. The Labute approximate surface area is 198 Å². The molecule has 3 aromatic rings. The number of aromatic nitrogens is 2. The van der Waals surface area contributed by atoms with Crippen molar-refractivity contribution in [1.82, 2.24) is 10.2 Å². The molecule has 0 radical (unpaired) electrons. The average molecular weight is 482 g/mol. The van der Waals surface area contributed by atoms with Crippen molar-refractivity contribution < 1.29 is 9.59 Å². The molecule has 162 valence electrons. The first kappa shape index (κ1) is 22.3.